The lowest BCUT2D eigenvalue weighted by Crippen LogP contribution is -2.30. The summed E-state index contributed by atoms with van der Waals surface area (Å²) in [6.07, 6.45) is 3.38. The lowest BCUT2D eigenvalue weighted by atomic mass is 10.1. The Morgan fingerprint density at radius 3 is 1.29 bits per heavy atom. The Morgan fingerprint density at radius 1 is 0.578 bits per heavy atom. The maximum atomic E-state index is 12.8. The summed E-state index contributed by atoms with van der Waals surface area (Å²) < 4.78 is 34.0. The highest BCUT2D eigenvalue weighted by Gasteiger charge is 2.12. The van der Waals surface area contributed by atoms with Crippen molar-refractivity contribution in [3.63, 3.8) is 0 Å². The lowest BCUT2D eigenvalue weighted by Gasteiger charge is -2.11. The van der Waals surface area contributed by atoms with Crippen LogP contribution in [-0.4, -0.2) is 77.8 Å². The van der Waals surface area contributed by atoms with Crippen LogP contribution in [0.1, 0.15) is 20.7 Å². The van der Waals surface area contributed by atoms with Gasteiger partial charge in [0.05, 0.1) is 39.5 Å². The highest BCUT2D eigenvalue weighted by atomic mass is 127. The van der Waals surface area contributed by atoms with Gasteiger partial charge >= 0.3 is 0 Å². The van der Waals surface area contributed by atoms with Gasteiger partial charge in [0.2, 0.25) is 0 Å². The number of benzene rings is 3. The minimum absolute atomic E-state index is 0.277. The summed E-state index contributed by atoms with van der Waals surface area (Å²) in [7, 11) is 0. The van der Waals surface area contributed by atoms with Crippen LogP contribution in [-0.2, 0) is 9.47 Å². The Balaban J connectivity index is 1.34. The molecule has 0 saturated heterocycles. The van der Waals surface area contributed by atoms with Crippen LogP contribution >= 0.6 is 22.6 Å². The van der Waals surface area contributed by atoms with Crippen LogP contribution in [0.15, 0.2) is 92.0 Å². The zero-order valence-electron chi connectivity index (χ0n) is 25.1. The summed E-state index contributed by atoms with van der Waals surface area (Å²) >= 11 is 2.08. The molecule has 3 aromatic carbocycles. The first-order chi connectivity index (χ1) is 22.0. The normalized spacial score (nSPS) is 10.4. The van der Waals surface area contributed by atoms with Crippen LogP contribution in [0.4, 0.5) is 0 Å². The zero-order valence-corrected chi connectivity index (χ0v) is 27.3. The fraction of sp³-hybridized carbons (Fsp3) is 0.294. The Bertz CT molecular complexity index is 1250. The quantitative estimate of drug-likeness (QED) is 0.0838. The van der Waals surface area contributed by atoms with Crippen LogP contribution in [0.2, 0.25) is 0 Å². The molecule has 0 heterocycles. The monoisotopic (exact) mass is 730 g/mol. The molecule has 0 radical (unpaired) electrons. The van der Waals surface area contributed by atoms with Gasteiger partial charge in [0.25, 0.3) is 11.8 Å². The van der Waals surface area contributed by atoms with Crippen LogP contribution in [0.25, 0.3) is 0 Å². The summed E-state index contributed by atoms with van der Waals surface area (Å²) in [5, 5.41) is 5.66. The highest BCUT2D eigenvalue weighted by molar-refractivity contribution is 14.1. The molecule has 0 aliphatic carbocycles. The highest BCUT2D eigenvalue weighted by Crippen LogP contribution is 2.19. The minimum Gasteiger partial charge on any atom is -0.492 e. The second kappa shape index (κ2) is 20.8. The van der Waals surface area contributed by atoms with E-state index in [0.29, 0.717) is 86.9 Å². The van der Waals surface area contributed by atoms with E-state index in [1.165, 1.54) is 0 Å². The van der Waals surface area contributed by atoms with Gasteiger partial charge in [0, 0.05) is 14.7 Å². The Labute approximate surface area is 277 Å². The number of carbonyl (C=O) groups excluding carboxylic acids is 2. The van der Waals surface area contributed by atoms with Gasteiger partial charge in [0.1, 0.15) is 49.4 Å². The third-order valence-electron chi connectivity index (χ3n) is 5.85. The fourth-order valence-corrected chi connectivity index (χ4v) is 4.43. The van der Waals surface area contributed by atoms with Gasteiger partial charge < -0.3 is 39.1 Å². The van der Waals surface area contributed by atoms with E-state index in [9.17, 15) is 9.59 Å². The summed E-state index contributed by atoms with van der Waals surface area (Å²) in [6, 6.07) is 19.4. The number of hydrogen-bond acceptors (Lipinski definition) is 8. The van der Waals surface area contributed by atoms with Crippen LogP contribution in [0.5, 0.6) is 23.0 Å². The number of hydrogen-bond donors (Lipinski definition) is 2. The SMILES string of the molecule is C=CCOCCOc1ccc(OCCNC(=O)c2cc(I)cc(C(=O)NCCOc3ccc(OCCOCC=C)cc3)c2)cc1. The van der Waals surface area contributed by atoms with Crippen molar-refractivity contribution in [3.05, 3.63) is 107 Å². The maximum absolute atomic E-state index is 12.8. The molecule has 3 aromatic rings. The average Bonchev–Trinajstić information content (AvgIpc) is 3.05. The van der Waals surface area contributed by atoms with Crippen molar-refractivity contribution >= 4 is 34.4 Å². The van der Waals surface area contributed by atoms with E-state index in [-0.39, 0.29) is 25.0 Å². The third-order valence-corrected chi connectivity index (χ3v) is 6.47. The van der Waals surface area contributed by atoms with Crippen molar-refractivity contribution in [2.24, 2.45) is 0 Å². The summed E-state index contributed by atoms with van der Waals surface area (Å²) in [4.78, 5) is 25.5. The molecule has 0 fully saturated rings. The second-order valence-corrected chi connectivity index (χ2v) is 10.5. The molecule has 10 nitrogen and oxygen atoms in total. The molecule has 0 atom stereocenters. The molecule has 0 bridgehead atoms. The molecule has 11 heteroatoms. The molecule has 0 unspecified atom stereocenters. The van der Waals surface area contributed by atoms with Crippen LogP contribution < -0.4 is 29.6 Å². The van der Waals surface area contributed by atoms with Crippen molar-refractivity contribution in [3.8, 4) is 23.0 Å². The molecule has 0 aromatic heterocycles. The largest absolute Gasteiger partial charge is 0.492 e. The molecule has 0 spiro atoms. The number of carbonyl (C=O) groups is 2. The average molecular weight is 731 g/mol. The zero-order chi connectivity index (χ0) is 32.1. The molecule has 45 heavy (non-hydrogen) atoms. The molecule has 240 valence electrons. The molecule has 3 rings (SSSR count). The van der Waals surface area contributed by atoms with E-state index < -0.39 is 0 Å². The van der Waals surface area contributed by atoms with Crippen molar-refractivity contribution < 1.29 is 38.0 Å². The molecule has 0 saturated carbocycles. The summed E-state index contributed by atoms with van der Waals surface area (Å²) in [5.74, 6) is 2.14. The van der Waals surface area contributed by atoms with E-state index in [1.807, 2.05) is 24.3 Å². The third kappa shape index (κ3) is 14.1. The van der Waals surface area contributed by atoms with Crippen molar-refractivity contribution in [2.75, 3.05) is 65.9 Å². The summed E-state index contributed by atoms with van der Waals surface area (Å²) in [6.45, 7) is 11.2. The Hall–Kier alpha value is -4.07. The minimum atomic E-state index is -0.298. The van der Waals surface area contributed by atoms with E-state index in [0.717, 1.165) is 3.57 Å². The lowest BCUT2D eigenvalue weighted by molar-refractivity contribution is 0.0946. The van der Waals surface area contributed by atoms with Crippen molar-refractivity contribution in [1.82, 2.24) is 10.6 Å². The van der Waals surface area contributed by atoms with Crippen molar-refractivity contribution in [1.29, 1.82) is 0 Å². The predicted octanol–water partition coefficient (Wildman–Crippen LogP) is 5.07. The standard InChI is InChI=1S/C34H39IN2O8/c1-3-15-40-19-21-44-31-9-5-29(6-10-31)42-17-13-36-33(38)26-23-27(25-28(35)24-26)34(39)37-14-18-43-30-7-11-32(12-8-30)45-22-20-41-16-4-2/h3-12,23-25H,1-2,13-22H2,(H,36,38)(H,37,39). The molecular formula is C34H39IN2O8. The molecule has 0 aliphatic heterocycles. The number of nitrogens with one attached hydrogen (secondary N) is 2. The first-order valence-electron chi connectivity index (χ1n) is 14.4. The fourth-order valence-electron chi connectivity index (χ4n) is 3.76. The Morgan fingerprint density at radius 2 is 0.933 bits per heavy atom. The Kier molecular flexibility index (Phi) is 16.4. The number of rotatable bonds is 22. The first kappa shape index (κ1) is 35.4. The van der Waals surface area contributed by atoms with Gasteiger partial charge in [-0.1, -0.05) is 12.2 Å². The van der Waals surface area contributed by atoms with Crippen LogP contribution in [0, 0.1) is 3.57 Å². The van der Waals surface area contributed by atoms with Crippen LogP contribution in [0.3, 0.4) is 0 Å². The van der Waals surface area contributed by atoms with Gasteiger partial charge in [-0.25, -0.2) is 0 Å². The van der Waals surface area contributed by atoms with E-state index in [4.69, 9.17) is 28.4 Å². The predicted molar refractivity (Wildman–Crippen MR) is 181 cm³/mol. The maximum Gasteiger partial charge on any atom is 0.251 e. The number of halogens is 1. The van der Waals surface area contributed by atoms with E-state index in [2.05, 4.69) is 46.4 Å². The number of amides is 2. The summed E-state index contributed by atoms with van der Waals surface area (Å²) in [5.41, 5.74) is 0.771. The smallest absolute Gasteiger partial charge is 0.251 e. The molecule has 2 amide bonds. The number of ether oxygens (including phenoxy) is 6. The van der Waals surface area contributed by atoms with E-state index in [1.54, 1.807) is 54.6 Å². The van der Waals surface area contributed by atoms with Gasteiger partial charge in [-0.15, -0.1) is 13.2 Å². The van der Waals surface area contributed by atoms with E-state index >= 15 is 0 Å². The topological polar surface area (TPSA) is 114 Å². The van der Waals surface area contributed by atoms with Gasteiger partial charge in [-0.2, -0.15) is 0 Å². The van der Waals surface area contributed by atoms with Gasteiger partial charge in [-0.3, -0.25) is 9.59 Å². The first-order valence-corrected chi connectivity index (χ1v) is 15.5. The molecular weight excluding hydrogens is 691 g/mol. The van der Waals surface area contributed by atoms with Gasteiger partial charge in [-0.05, 0) is 89.3 Å². The second-order valence-electron chi connectivity index (χ2n) is 9.30. The van der Waals surface area contributed by atoms with Gasteiger partial charge in [0.15, 0.2) is 0 Å². The molecule has 0 aliphatic rings. The van der Waals surface area contributed by atoms with Crippen molar-refractivity contribution in [2.45, 2.75) is 0 Å². The molecule has 2 N–H and O–H groups in total.